The lowest BCUT2D eigenvalue weighted by Gasteiger charge is -2.42. The SMILES string of the molecule is COC(=O)CC(c1ccc(F)cc1)N1C[C@H](C)NC[C@H]1C.Cl. The number of rotatable bonds is 4. The Kier molecular flexibility index (Phi) is 7.26. The minimum atomic E-state index is -0.266. The van der Waals surface area contributed by atoms with Gasteiger partial charge in [-0.05, 0) is 31.5 Å². The van der Waals surface area contributed by atoms with Crippen molar-refractivity contribution in [2.75, 3.05) is 20.2 Å². The highest BCUT2D eigenvalue weighted by atomic mass is 35.5. The van der Waals surface area contributed by atoms with E-state index in [9.17, 15) is 9.18 Å². The third-order valence-corrected chi connectivity index (χ3v) is 4.06. The van der Waals surface area contributed by atoms with Gasteiger partial charge in [0.05, 0.1) is 13.5 Å². The zero-order chi connectivity index (χ0) is 15.4. The molecule has 2 rings (SSSR count). The molecular weight excluding hydrogens is 307 g/mol. The van der Waals surface area contributed by atoms with Crippen LogP contribution in [-0.2, 0) is 9.53 Å². The normalized spacial score (nSPS) is 23.5. The van der Waals surface area contributed by atoms with Crippen LogP contribution < -0.4 is 5.32 Å². The van der Waals surface area contributed by atoms with Gasteiger partial charge in [-0.2, -0.15) is 0 Å². The van der Waals surface area contributed by atoms with Crippen LogP contribution >= 0.6 is 12.4 Å². The van der Waals surface area contributed by atoms with Crippen LogP contribution in [0, 0.1) is 5.82 Å². The van der Waals surface area contributed by atoms with Crippen molar-refractivity contribution in [3.8, 4) is 0 Å². The van der Waals surface area contributed by atoms with Gasteiger partial charge >= 0.3 is 5.97 Å². The van der Waals surface area contributed by atoms with Crippen molar-refractivity contribution in [1.29, 1.82) is 0 Å². The van der Waals surface area contributed by atoms with Gasteiger partial charge in [0.1, 0.15) is 5.82 Å². The fourth-order valence-electron chi connectivity index (χ4n) is 2.84. The molecule has 1 aliphatic rings. The van der Waals surface area contributed by atoms with Gasteiger partial charge < -0.3 is 10.1 Å². The van der Waals surface area contributed by atoms with Crippen molar-refractivity contribution in [2.24, 2.45) is 0 Å². The number of carbonyl (C=O) groups is 1. The molecule has 0 spiro atoms. The lowest BCUT2D eigenvalue weighted by Crippen LogP contribution is -2.55. The molecule has 1 fully saturated rings. The van der Waals surface area contributed by atoms with E-state index in [1.165, 1.54) is 19.2 Å². The maximum Gasteiger partial charge on any atom is 0.307 e. The van der Waals surface area contributed by atoms with Crippen LogP contribution in [0.5, 0.6) is 0 Å². The Morgan fingerprint density at radius 2 is 2.05 bits per heavy atom. The number of halogens is 2. The molecule has 22 heavy (non-hydrogen) atoms. The quantitative estimate of drug-likeness (QED) is 0.861. The summed E-state index contributed by atoms with van der Waals surface area (Å²) in [6.07, 6.45) is 0.277. The van der Waals surface area contributed by atoms with Crippen LogP contribution in [0.3, 0.4) is 0 Å². The second-order valence-electron chi connectivity index (χ2n) is 5.70. The second-order valence-corrected chi connectivity index (χ2v) is 5.70. The Labute approximate surface area is 137 Å². The highest BCUT2D eigenvalue weighted by molar-refractivity contribution is 5.85. The van der Waals surface area contributed by atoms with Gasteiger partial charge in [0.15, 0.2) is 0 Å². The smallest absolute Gasteiger partial charge is 0.307 e. The first-order chi connectivity index (χ1) is 10.0. The average molecular weight is 331 g/mol. The van der Waals surface area contributed by atoms with Gasteiger partial charge in [-0.25, -0.2) is 4.39 Å². The number of nitrogens with one attached hydrogen (secondary N) is 1. The number of carbonyl (C=O) groups excluding carboxylic acids is 1. The fourth-order valence-corrected chi connectivity index (χ4v) is 2.84. The first-order valence-corrected chi connectivity index (χ1v) is 7.32. The van der Waals surface area contributed by atoms with Crippen molar-refractivity contribution in [3.05, 3.63) is 35.6 Å². The van der Waals surface area contributed by atoms with Gasteiger partial charge in [-0.15, -0.1) is 12.4 Å². The second kappa shape index (κ2) is 8.46. The molecule has 0 amide bonds. The van der Waals surface area contributed by atoms with Crippen molar-refractivity contribution >= 4 is 18.4 Å². The summed E-state index contributed by atoms with van der Waals surface area (Å²) >= 11 is 0. The van der Waals surface area contributed by atoms with Gasteiger partial charge in [-0.1, -0.05) is 12.1 Å². The van der Waals surface area contributed by atoms with Crippen molar-refractivity contribution < 1.29 is 13.9 Å². The van der Waals surface area contributed by atoms with Gasteiger partial charge in [0, 0.05) is 31.2 Å². The Bertz CT molecular complexity index is 484. The average Bonchev–Trinajstić information content (AvgIpc) is 2.48. The van der Waals surface area contributed by atoms with Crippen molar-refractivity contribution in [2.45, 2.75) is 38.4 Å². The number of piperazine rings is 1. The summed E-state index contributed by atoms with van der Waals surface area (Å²) in [6.45, 7) is 5.98. The van der Waals surface area contributed by atoms with Crippen LogP contribution in [0.4, 0.5) is 4.39 Å². The molecule has 1 aliphatic heterocycles. The molecule has 1 aromatic rings. The molecule has 0 aromatic heterocycles. The van der Waals surface area contributed by atoms with Crippen LogP contribution in [-0.4, -0.2) is 43.2 Å². The fraction of sp³-hybridized carbons (Fsp3) is 0.562. The summed E-state index contributed by atoms with van der Waals surface area (Å²) in [7, 11) is 1.40. The summed E-state index contributed by atoms with van der Waals surface area (Å²) in [4.78, 5) is 14.1. The van der Waals surface area contributed by atoms with E-state index in [0.717, 1.165) is 18.7 Å². The minimum absolute atomic E-state index is 0. The Morgan fingerprint density at radius 3 is 2.64 bits per heavy atom. The van der Waals surface area contributed by atoms with E-state index >= 15 is 0 Å². The minimum Gasteiger partial charge on any atom is -0.469 e. The first kappa shape index (κ1) is 18.9. The monoisotopic (exact) mass is 330 g/mol. The summed E-state index contributed by atoms with van der Waals surface area (Å²) in [5.41, 5.74) is 0.947. The topological polar surface area (TPSA) is 41.6 Å². The summed E-state index contributed by atoms with van der Waals surface area (Å²) in [5.74, 6) is -0.514. The van der Waals surface area contributed by atoms with Crippen molar-refractivity contribution in [1.82, 2.24) is 10.2 Å². The molecule has 1 saturated heterocycles. The number of methoxy groups -OCH3 is 1. The molecule has 1 unspecified atom stereocenters. The molecule has 0 saturated carbocycles. The maximum absolute atomic E-state index is 13.1. The largest absolute Gasteiger partial charge is 0.469 e. The lowest BCUT2D eigenvalue weighted by atomic mass is 9.98. The number of hydrogen-bond acceptors (Lipinski definition) is 4. The number of benzene rings is 1. The van der Waals surface area contributed by atoms with E-state index in [4.69, 9.17) is 4.74 Å². The zero-order valence-corrected chi connectivity index (χ0v) is 14.0. The summed E-state index contributed by atoms with van der Waals surface area (Å²) in [6, 6.07) is 6.97. The third-order valence-electron chi connectivity index (χ3n) is 4.06. The summed E-state index contributed by atoms with van der Waals surface area (Å²) in [5, 5.41) is 3.43. The number of ether oxygens (including phenoxy) is 1. The van der Waals surface area contributed by atoms with Gasteiger partial charge in [0.2, 0.25) is 0 Å². The van der Waals surface area contributed by atoms with Gasteiger partial charge in [-0.3, -0.25) is 9.69 Å². The number of hydrogen-bond donors (Lipinski definition) is 1. The molecule has 1 N–H and O–H groups in total. The predicted octanol–water partition coefficient (Wildman–Crippen LogP) is 2.53. The van der Waals surface area contributed by atoms with Crippen molar-refractivity contribution in [3.63, 3.8) is 0 Å². The van der Waals surface area contributed by atoms with E-state index in [1.807, 2.05) is 0 Å². The molecule has 4 nitrogen and oxygen atoms in total. The lowest BCUT2D eigenvalue weighted by molar-refractivity contribution is -0.142. The number of nitrogens with zero attached hydrogens (tertiary/aromatic N) is 1. The zero-order valence-electron chi connectivity index (χ0n) is 13.2. The van der Waals surface area contributed by atoms with Crippen LogP contribution in [0.15, 0.2) is 24.3 Å². The highest BCUT2D eigenvalue weighted by Gasteiger charge is 2.31. The Hall–Kier alpha value is -1.17. The van der Waals surface area contributed by atoms with Crippen LogP contribution in [0.2, 0.25) is 0 Å². The van der Waals surface area contributed by atoms with Crippen LogP contribution in [0.25, 0.3) is 0 Å². The standard InChI is InChI=1S/C16H23FN2O2.ClH/c1-11-10-19(12(2)9-18-11)15(8-16(20)21-3)13-4-6-14(17)7-5-13;/h4-7,11-12,15,18H,8-10H2,1-3H3;1H/t11-,12+,15?;/m0./s1. The maximum atomic E-state index is 13.1. The molecule has 1 aromatic carbocycles. The van der Waals surface area contributed by atoms with E-state index in [-0.39, 0.29) is 36.7 Å². The summed E-state index contributed by atoms with van der Waals surface area (Å²) < 4.78 is 18.0. The van der Waals surface area contributed by atoms with E-state index in [1.54, 1.807) is 12.1 Å². The van der Waals surface area contributed by atoms with Crippen LogP contribution in [0.1, 0.15) is 31.9 Å². The molecule has 1 heterocycles. The Balaban J connectivity index is 0.00000242. The van der Waals surface area contributed by atoms with E-state index < -0.39 is 0 Å². The molecule has 0 bridgehead atoms. The first-order valence-electron chi connectivity index (χ1n) is 7.32. The highest BCUT2D eigenvalue weighted by Crippen LogP contribution is 2.28. The van der Waals surface area contributed by atoms with E-state index in [0.29, 0.717) is 12.1 Å². The van der Waals surface area contributed by atoms with Gasteiger partial charge in [0.25, 0.3) is 0 Å². The predicted molar refractivity (Wildman–Crippen MR) is 86.7 cm³/mol. The van der Waals surface area contributed by atoms with E-state index in [2.05, 4.69) is 24.1 Å². The molecule has 3 atom stereocenters. The molecule has 124 valence electrons. The Morgan fingerprint density at radius 1 is 1.41 bits per heavy atom. The number of esters is 1. The molecule has 6 heteroatoms. The molecule has 0 aliphatic carbocycles. The molecule has 0 radical (unpaired) electrons. The molecular formula is C16H24ClFN2O2. The third kappa shape index (κ3) is 4.66.